The largest absolute Gasteiger partial charge is 0.394 e. The highest BCUT2D eigenvalue weighted by atomic mass is 16.3. The molecule has 1 heterocycles. The van der Waals surface area contributed by atoms with Gasteiger partial charge in [0.05, 0.1) is 17.7 Å². The molecule has 2 aromatic carbocycles. The molecule has 2 N–H and O–H groups in total. The van der Waals surface area contributed by atoms with Gasteiger partial charge >= 0.3 is 0 Å². The molecule has 3 rings (SSSR count). The summed E-state index contributed by atoms with van der Waals surface area (Å²) in [6.45, 7) is 2.01. The Morgan fingerprint density at radius 2 is 1.71 bits per heavy atom. The number of hydrogen-bond acceptors (Lipinski definition) is 3. The molecule has 3 heteroatoms. The molecular formula is C18H18N2O. The van der Waals surface area contributed by atoms with Crippen LogP contribution in [0.5, 0.6) is 0 Å². The van der Waals surface area contributed by atoms with E-state index < -0.39 is 5.54 Å². The molecule has 1 aromatic heterocycles. The van der Waals surface area contributed by atoms with E-state index >= 15 is 0 Å². The van der Waals surface area contributed by atoms with E-state index in [2.05, 4.69) is 10.3 Å². The third-order valence-electron chi connectivity index (χ3n) is 3.79. The smallest absolute Gasteiger partial charge is 0.0828 e. The predicted octanol–water partition coefficient (Wildman–Crippen LogP) is 3.55. The van der Waals surface area contributed by atoms with Crippen molar-refractivity contribution in [2.45, 2.75) is 12.5 Å². The molecule has 0 bridgehead atoms. The van der Waals surface area contributed by atoms with Crippen molar-refractivity contribution in [2.75, 3.05) is 11.9 Å². The fourth-order valence-electron chi connectivity index (χ4n) is 2.51. The Kier molecular flexibility index (Phi) is 3.59. The number of aliphatic hydroxyl groups excluding tert-OH is 1. The van der Waals surface area contributed by atoms with Gasteiger partial charge < -0.3 is 10.4 Å². The highest BCUT2D eigenvalue weighted by Gasteiger charge is 2.25. The van der Waals surface area contributed by atoms with Gasteiger partial charge in [0.1, 0.15) is 0 Å². The SMILES string of the molecule is CC(CO)(Nc1ccnc2ccccc12)c1ccccc1. The van der Waals surface area contributed by atoms with Crippen LogP contribution in [-0.2, 0) is 5.54 Å². The van der Waals surface area contributed by atoms with Crippen LogP contribution in [-0.4, -0.2) is 16.7 Å². The molecule has 0 saturated carbocycles. The van der Waals surface area contributed by atoms with Crippen molar-refractivity contribution in [3.63, 3.8) is 0 Å². The Morgan fingerprint density at radius 1 is 1.00 bits per heavy atom. The van der Waals surface area contributed by atoms with Crippen LogP contribution < -0.4 is 5.32 Å². The quantitative estimate of drug-likeness (QED) is 0.767. The summed E-state index contributed by atoms with van der Waals surface area (Å²) in [4.78, 5) is 4.37. The first kappa shape index (κ1) is 13.6. The van der Waals surface area contributed by atoms with Crippen molar-refractivity contribution in [1.82, 2.24) is 4.98 Å². The first-order valence-corrected chi connectivity index (χ1v) is 7.01. The molecule has 1 atom stereocenters. The van der Waals surface area contributed by atoms with Gasteiger partial charge in [0.2, 0.25) is 0 Å². The van der Waals surface area contributed by atoms with Crippen molar-refractivity contribution in [3.05, 3.63) is 72.4 Å². The summed E-state index contributed by atoms with van der Waals surface area (Å²) in [5.74, 6) is 0. The van der Waals surface area contributed by atoms with Crippen LogP contribution in [0.1, 0.15) is 12.5 Å². The van der Waals surface area contributed by atoms with Crippen molar-refractivity contribution < 1.29 is 5.11 Å². The van der Waals surface area contributed by atoms with Gasteiger partial charge in [-0.05, 0) is 24.6 Å². The average Bonchev–Trinajstić information content (AvgIpc) is 2.56. The van der Waals surface area contributed by atoms with E-state index in [9.17, 15) is 5.11 Å². The van der Waals surface area contributed by atoms with Gasteiger partial charge in [0, 0.05) is 17.3 Å². The van der Waals surface area contributed by atoms with Gasteiger partial charge in [0.25, 0.3) is 0 Å². The number of nitrogens with zero attached hydrogens (tertiary/aromatic N) is 1. The molecule has 0 fully saturated rings. The zero-order chi connectivity index (χ0) is 14.7. The minimum absolute atomic E-state index is 0.00760. The van der Waals surface area contributed by atoms with Crippen LogP contribution in [0, 0.1) is 0 Å². The Hall–Kier alpha value is -2.39. The number of pyridine rings is 1. The minimum Gasteiger partial charge on any atom is -0.394 e. The Labute approximate surface area is 124 Å². The number of para-hydroxylation sites is 1. The van der Waals surface area contributed by atoms with Gasteiger partial charge in [-0.25, -0.2) is 0 Å². The number of anilines is 1. The maximum atomic E-state index is 9.89. The Bertz CT molecular complexity index is 737. The molecule has 1 unspecified atom stereocenters. The molecule has 0 aliphatic rings. The number of rotatable bonds is 4. The standard InChI is InChI=1S/C18H18N2O/c1-18(13-21,14-7-3-2-4-8-14)20-17-11-12-19-16-10-6-5-9-15(16)17/h2-12,21H,13H2,1H3,(H,19,20). The zero-order valence-corrected chi connectivity index (χ0v) is 12.0. The van der Waals surface area contributed by atoms with Gasteiger partial charge in [-0.2, -0.15) is 0 Å². The minimum atomic E-state index is -0.536. The lowest BCUT2D eigenvalue weighted by Gasteiger charge is -2.31. The van der Waals surface area contributed by atoms with Crippen LogP contribution in [0.25, 0.3) is 10.9 Å². The number of hydrogen-bond donors (Lipinski definition) is 2. The summed E-state index contributed by atoms with van der Waals surface area (Å²) >= 11 is 0. The Balaban J connectivity index is 2.04. The second kappa shape index (κ2) is 5.54. The van der Waals surface area contributed by atoms with Crippen molar-refractivity contribution in [2.24, 2.45) is 0 Å². The van der Waals surface area contributed by atoms with Crippen LogP contribution in [0.2, 0.25) is 0 Å². The second-order valence-corrected chi connectivity index (χ2v) is 5.36. The van der Waals surface area contributed by atoms with E-state index in [1.807, 2.05) is 67.6 Å². The third kappa shape index (κ3) is 2.60. The lowest BCUT2D eigenvalue weighted by atomic mass is 9.92. The molecule has 0 amide bonds. The lowest BCUT2D eigenvalue weighted by molar-refractivity contribution is 0.224. The molecular weight excluding hydrogens is 260 g/mol. The van der Waals surface area contributed by atoms with E-state index in [4.69, 9.17) is 0 Å². The fraction of sp³-hybridized carbons (Fsp3) is 0.167. The van der Waals surface area contributed by atoms with Crippen molar-refractivity contribution in [1.29, 1.82) is 0 Å². The van der Waals surface area contributed by atoms with Gasteiger partial charge in [-0.3, -0.25) is 4.98 Å². The first-order valence-electron chi connectivity index (χ1n) is 7.01. The van der Waals surface area contributed by atoms with Crippen LogP contribution in [0.15, 0.2) is 66.9 Å². The highest BCUT2D eigenvalue weighted by molar-refractivity contribution is 5.91. The molecule has 0 radical (unpaired) electrons. The maximum absolute atomic E-state index is 9.89. The van der Waals surface area contributed by atoms with Gasteiger partial charge in [0.15, 0.2) is 0 Å². The maximum Gasteiger partial charge on any atom is 0.0828 e. The van der Waals surface area contributed by atoms with Crippen molar-refractivity contribution in [3.8, 4) is 0 Å². The number of nitrogens with one attached hydrogen (secondary N) is 1. The summed E-state index contributed by atoms with van der Waals surface area (Å²) in [7, 11) is 0. The topological polar surface area (TPSA) is 45.1 Å². The highest BCUT2D eigenvalue weighted by Crippen LogP contribution is 2.29. The number of benzene rings is 2. The molecule has 3 aromatic rings. The number of aliphatic hydroxyl groups is 1. The van der Waals surface area contributed by atoms with Gasteiger partial charge in [-0.1, -0.05) is 48.5 Å². The lowest BCUT2D eigenvalue weighted by Crippen LogP contribution is -2.35. The number of aromatic nitrogens is 1. The molecule has 0 aliphatic carbocycles. The van der Waals surface area contributed by atoms with Crippen molar-refractivity contribution >= 4 is 16.6 Å². The average molecular weight is 278 g/mol. The van der Waals surface area contributed by atoms with E-state index in [-0.39, 0.29) is 6.61 Å². The third-order valence-corrected chi connectivity index (χ3v) is 3.79. The summed E-state index contributed by atoms with van der Waals surface area (Å²) in [6.07, 6.45) is 1.79. The molecule has 106 valence electrons. The van der Waals surface area contributed by atoms with E-state index in [1.54, 1.807) is 6.20 Å². The van der Waals surface area contributed by atoms with Crippen LogP contribution in [0.3, 0.4) is 0 Å². The fourth-order valence-corrected chi connectivity index (χ4v) is 2.51. The molecule has 3 nitrogen and oxygen atoms in total. The second-order valence-electron chi connectivity index (χ2n) is 5.36. The Morgan fingerprint density at radius 3 is 2.48 bits per heavy atom. The predicted molar refractivity (Wildman–Crippen MR) is 86.2 cm³/mol. The van der Waals surface area contributed by atoms with Gasteiger partial charge in [-0.15, -0.1) is 0 Å². The summed E-state index contributed by atoms with van der Waals surface area (Å²) in [6, 6.07) is 19.9. The summed E-state index contributed by atoms with van der Waals surface area (Å²) in [5.41, 5.74) is 2.43. The summed E-state index contributed by atoms with van der Waals surface area (Å²) in [5, 5.41) is 14.4. The number of fused-ring (bicyclic) bond motifs is 1. The molecule has 0 aliphatic heterocycles. The zero-order valence-electron chi connectivity index (χ0n) is 12.0. The molecule has 21 heavy (non-hydrogen) atoms. The van der Waals surface area contributed by atoms with E-state index in [0.29, 0.717) is 0 Å². The van der Waals surface area contributed by atoms with E-state index in [0.717, 1.165) is 22.2 Å². The monoisotopic (exact) mass is 278 g/mol. The molecule has 0 saturated heterocycles. The van der Waals surface area contributed by atoms with Crippen LogP contribution >= 0.6 is 0 Å². The summed E-state index contributed by atoms with van der Waals surface area (Å²) < 4.78 is 0. The van der Waals surface area contributed by atoms with Crippen LogP contribution in [0.4, 0.5) is 5.69 Å². The van der Waals surface area contributed by atoms with E-state index in [1.165, 1.54) is 0 Å². The molecule has 0 spiro atoms. The normalized spacial score (nSPS) is 13.8. The first-order chi connectivity index (χ1) is 10.2.